The van der Waals surface area contributed by atoms with Crippen molar-refractivity contribution >= 4 is 41.0 Å². The molecule has 1 unspecified atom stereocenters. The molecular weight excluding hydrogens is 467 g/mol. The van der Waals surface area contributed by atoms with Gasteiger partial charge in [0.1, 0.15) is 0 Å². The number of morpholine rings is 1. The second kappa shape index (κ2) is 12.2. The van der Waals surface area contributed by atoms with Crippen molar-refractivity contribution < 1.29 is 4.74 Å². The van der Waals surface area contributed by atoms with Crippen LogP contribution in [0.2, 0.25) is 0 Å². The molecule has 0 aliphatic carbocycles. The first kappa shape index (κ1) is 22.9. The van der Waals surface area contributed by atoms with E-state index in [9.17, 15) is 0 Å². The van der Waals surface area contributed by atoms with Crippen LogP contribution in [0.4, 0.5) is 0 Å². The second-order valence-corrected chi connectivity index (χ2v) is 6.92. The summed E-state index contributed by atoms with van der Waals surface area (Å²) in [5, 5.41) is 6.79. The third-order valence-electron chi connectivity index (χ3n) is 4.92. The summed E-state index contributed by atoms with van der Waals surface area (Å²) >= 11 is 0. The number of imidazole rings is 1. The Morgan fingerprint density at radius 1 is 1.25 bits per heavy atom. The molecule has 2 N–H and O–H groups in total. The minimum atomic E-state index is 0. The standard InChI is InChI=1S/C20H32N6O.HI/c1-3-21-20(23-15-17(2)25-11-13-27-14-12-25)22-9-6-10-26-16-24-18-7-4-5-8-19(18)26;/h4-5,7-8,16-17H,3,6,9-15H2,1-2H3,(H2,21,22,23);1H. The van der Waals surface area contributed by atoms with Crippen LogP contribution in [0.15, 0.2) is 35.6 Å². The van der Waals surface area contributed by atoms with Crippen molar-refractivity contribution in [3.8, 4) is 0 Å². The molecule has 0 bridgehead atoms. The Morgan fingerprint density at radius 2 is 2.04 bits per heavy atom. The molecule has 1 saturated heterocycles. The first-order valence-corrected chi connectivity index (χ1v) is 10.0. The van der Waals surface area contributed by atoms with E-state index in [0.717, 1.165) is 70.4 Å². The molecular formula is C20H33IN6O. The molecule has 7 nitrogen and oxygen atoms in total. The number of ether oxygens (including phenoxy) is 1. The van der Waals surface area contributed by atoms with E-state index in [-0.39, 0.29) is 24.0 Å². The molecule has 1 fully saturated rings. The fourth-order valence-electron chi connectivity index (χ4n) is 3.34. The maximum atomic E-state index is 5.43. The smallest absolute Gasteiger partial charge is 0.191 e. The van der Waals surface area contributed by atoms with Crippen molar-refractivity contribution in [3.63, 3.8) is 0 Å². The zero-order chi connectivity index (χ0) is 18.9. The fraction of sp³-hybridized carbons (Fsp3) is 0.600. The number of fused-ring (bicyclic) bond motifs is 1. The van der Waals surface area contributed by atoms with Crippen molar-refractivity contribution in [2.45, 2.75) is 32.9 Å². The van der Waals surface area contributed by atoms with E-state index < -0.39 is 0 Å². The van der Waals surface area contributed by atoms with E-state index in [1.165, 1.54) is 5.52 Å². The Labute approximate surface area is 185 Å². The van der Waals surface area contributed by atoms with E-state index in [2.05, 4.69) is 57.1 Å². The van der Waals surface area contributed by atoms with Gasteiger partial charge < -0.3 is 19.9 Å². The zero-order valence-electron chi connectivity index (χ0n) is 16.9. The molecule has 0 saturated carbocycles. The molecule has 1 aromatic heterocycles. The fourth-order valence-corrected chi connectivity index (χ4v) is 3.34. The molecule has 156 valence electrons. The monoisotopic (exact) mass is 500 g/mol. The van der Waals surface area contributed by atoms with Gasteiger partial charge in [-0.25, -0.2) is 4.98 Å². The van der Waals surface area contributed by atoms with E-state index in [1.54, 1.807) is 0 Å². The predicted octanol–water partition coefficient (Wildman–Crippen LogP) is 2.32. The Kier molecular flexibility index (Phi) is 10.0. The number of para-hydroxylation sites is 2. The first-order valence-electron chi connectivity index (χ1n) is 10.0. The second-order valence-electron chi connectivity index (χ2n) is 6.92. The number of aromatic nitrogens is 2. The third kappa shape index (κ3) is 6.59. The lowest BCUT2D eigenvalue weighted by Crippen LogP contribution is -2.44. The molecule has 3 rings (SSSR count). The SMILES string of the molecule is CCNC(=NCC(C)N1CCOCC1)NCCCn1cnc2ccccc21.I. The van der Waals surface area contributed by atoms with Gasteiger partial charge in [-0.1, -0.05) is 12.1 Å². The van der Waals surface area contributed by atoms with Gasteiger partial charge >= 0.3 is 0 Å². The summed E-state index contributed by atoms with van der Waals surface area (Å²) in [7, 11) is 0. The average Bonchev–Trinajstić information content (AvgIpc) is 3.13. The van der Waals surface area contributed by atoms with Gasteiger partial charge in [-0.3, -0.25) is 9.89 Å². The predicted molar refractivity (Wildman–Crippen MR) is 126 cm³/mol. The molecule has 1 aromatic carbocycles. The van der Waals surface area contributed by atoms with Crippen molar-refractivity contribution in [1.82, 2.24) is 25.1 Å². The summed E-state index contributed by atoms with van der Waals surface area (Å²) in [5.41, 5.74) is 2.25. The Hall–Kier alpha value is -1.39. The van der Waals surface area contributed by atoms with Crippen LogP contribution in [0.5, 0.6) is 0 Å². The number of nitrogens with one attached hydrogen (secondary N) is 2. The molecule has 2 aromatic rings. The molecule has 0 amide bonds. The lowest BCUT2D eigenvalue weighted by molar-refractivity contribution is 0.0220. The summed E-state index contributed by atoms with van der Waals surface area (Å²) in [6.07, 6.45) is 2.94. The number of guanidine groups is 1. The first-order chi connectivity index (χ1) is 13.3. The average molecular weight is 500 g/mol. The van der Waals surface area contributed by atoms with Gasteiger partial charge in [0, 0.05) is 38.8 Å². The van der Waals surface area contributed by atoms with Crippen LogP contribution >= 0.6 is 24.0 Å². The van der Waals surface area contributed by atoms with E-state index in [1.807, 2.05) is 12.4 Å². The van der Waals surface area contributed by atoms with Crippen molar-refractivity contribution in [1.29, 1.82) is 0 Å². The maximum Gasteiger partial charge on any atom is 0.191 e. The zero-order valence-corrected chi connectivity index (χ0v) is 19.3. The summed E-state index contributed by atoms with van der Waals surface area (Å²) < 4.78 is 7.64. The van der Waals surface area contributed by atoms with Gasteiger partial charge in [-0.2, -0.15) is 0 Å². The normalized spacial score (nSPS) is 16.6. The van der Waals surface area contributed by atoms with E-state index in [0.29, 0.717) is 6.04 Å². The van der Waals surface area contributed by atoms with E-state index in [4.69, 9.17) is 9.73 Å². The van der Waals surface area contributed by atoms with E-state index >= 15 is 0 Å². The summed E-state index contributed by atoms with van der Waals surface area (Å²) in [4.78, 5) is 11.7. The number of halogens is 1. The summed E-state index contributed by atoms with van der Waals surface area (Å²) in [5.74, 6) is 0.896. The van der Waals surface area contributed by atoms with Gasteiger partial charge in [0.25, 0.3) is 0 Å². The number of aliphatic imine (C=N–C) groups is 1. The lowest BCUT2D eigenvalue weighted by atomic mass is 10.2. The maximum absolute atomic E-state index is 5.43. The van der Waals surface area contributed by atoms with Crippen LogP contribution in [0, 0.1) is 0 Å². The topological polar surface area (TPSA) is 66.7 Å². The highest BCUT2D eigenvalue weighted by atomic mass is 127. The molecule has 28 heavy (non-hydrogen) atoms. The third-order valence-corrected chi connectivity index (χ3v) is 4.92. The van der Waals surface area contributed by atoms with Crippen molar-refractivity contribution in [2.24, 2.45) is 4.99 Å². The Bertz CT molecular complexity index is 728. The largest absolute Gasteiger partial charge is 0.379 e. The summed E-state index contributed by atoms with van der Waals surface area (Å²) in [6, 6.07) is 8.69. The van der Waals surface area contributed by atoms with Crippen LogP contribution in [-0.4, -0.2) is 72.4 Å². The van der Waals surface area contributed by atoms with Gasteiger partial charge in [-0.05, 0) is 32.4 Å². The minimum absolute atomic E-state index is 0. The quantitative estimate of drug-likeness (QED) is 0.252. The molecule has 8 heteroatoms. The highest BCUT2D eigenvalue weighted by Gasteiger charge is 2.16. The van der Waals surface area contributed by atoms with Gasteiger partial charge in [-0.15, -0.1) is 24.0 Å². The van der Waals surface area contributed by atoms with Crippen molar-refractivity contribution in [2.75, 3.05) is 45.9 Å². The Balaban J connectivity index is 0.00000280. The number of hydrogen-bond donors (Lipinski definition) is 2. The van der Waals surface area contributed by atoms with Gasteiger partial charge in [0.15, 0.2) is 5.96 Å². The van der Waals surface area contributed by atoms with Gasteiger partial charge in [0.05, 0.1) is 37.1 Å². The van der Waals surface area contributed by atoms with Crippen LogP contribution in [0.3, 0.4) is 0 Å². The number of nitrogens with zero attached hydrogens (tertiary/aromatic N) is 4. The van der Waals surface area contributed by atoms with Crippen LogP contribution in [-0.2, 0) is 11.3 Å². The van der Waals surface area contributed by atoms with Crippen LogP contribution < -0.4 is 10.6 Å². The minimum Gasteiger partial charge on any atom is -0.379 e. The highest BCUT2D eigenvalue weighted by Crippen LogP contribution is 2.11. The molecule has 1 aliphatic heterocycles. The van der Waals surface area contributed by atoms with Gasteiger partial charge in [0.2, 0.25) is 0 Å². The number of benzene rings is 1. The molecule has 0 radical (unpaired) electrons. The van der Waals surface area contributed by atoms with Crippen LogP contribution in [0.25, 0.3) is 11.0 Å². The molecule has 2 heterocycles. The molecule has 1 atom stereocenters. The van der Waals surface area contributed by atoms with Crippen LogP contribution in [0.1, 0.15) is 20.3 Å². The lowest BCUT2D eigenvalue weighted by Gasteiger charge is -2.31. The van der Waals surface area contributed by atoms with Crippen molar-refractivity contribution in [3.05, 3.63) is 30.6 Å². The molecule has 0 spiro atoms. The Morgan fingerprint density at radius 3 is 2.82 bits per heavy atom. The highest BCUT2D eigenvalue weighted by molar-refractivity contribution is 14.0. The summed E-state index contributed by atoms with van der Waals surface area (Å²) in [6.45, 7) is 11.5. The molecule has 1 aliphatic rings. The number of aryl methyl sites for hydroxylation is 1. The number of hydrogen-bond acceptors (Lipinski definition) is 4. The number of rotatable bonds is 8.